The summed E-state index contributed by atoms with van der Waals surface area (Å²) in [4.78, 5) is 17.9. The Morgan fingerprint density at radius 2 is 1.86 bits per heavy atom. The number of fused-ring (bicyclic) bond motifs is 1. The van der Waals surface area contributed by atoms with E-state index in [1.807, 2.05) is 20.0 Å². The number of carbonyl (C=O) groups excluding carboxylic acids is 1. The molecule has 0 unspecified atom stereocenters. The van der Waals surface area contributed by atoms with Crippen LogP contribution in [0.5, 0.6) is 0 Å². The molecule has 6 rings (SSSR count). The summed E-state index contributed by atoms with van der Waals surface area (Å²) >= 11 is 0. The van der Waals surface area contributed by atoms with Crippen LogP contribution in [0.3, 0.4) is 0 Å². The van der Waals surface area contributed by atoms with Gasteiger partial charge < -0.3 is 14.4 Å². The lowest BCUT2D eigenvalue weighted by atomic mass is 9.97. The summed E-state index contributed by atoms with van der Waals surface area (Å²) in [5, 5.41) is 13.2. The van der Waals surface area contributed by atoms with Crippen LogP contribution in [0.15, 0.2) is 58.1 Å². The second-order valence-corrected chi connectivity index (χ2v) is 13.1. The summed E-state index contributed by atoms with van der Waals surface area (Å²) < 4.78 is 49.5. The predicted molar refractivity (Wildman–Crippen MR) is 163 cm³/mol. The first-order valence-electron chi connectivity index (χ1n) is 14.6. The van der Waals surface area contributed by atoms with E-state index < -0.39 is 10.0 Å². The van der Waals surface area contributed by atoms with Crippen molar-refractivity contribution in [1.29, 1.82) is 0 Å². The van der Waals surface area contributed by atoms with E-state index in [1.54, 1.807) is 35.0 Å². The Balaban J connectivity index is 1.01. The molecule has 0 aliphatic carbocycles. The number of sulfonamides is 1. The number of Topliss-reactive ketones (excluding diaryl/α,β-unsaturated/α-hetero) is 1. The van der Waals surface area contributed by atoms with E-state index in [0.717, 1.165) is 42.8 Å². The number of aromatic nitrogens is 5. The van der Waals surface area contributed by atoms with Crippen molar-refractivity contribution in [3.05, 3.63) is 71.6 Å². The van der Waals surface area contributed by atoms with Crippen molar-refractivity contribution in [1.82, 2.24) is 34.8 Å². The number of halogens is 1. The number of nitrogens with one attached hydrogen (secondary N) is 2. The summed E-state index contributed by atoms with van der Waals surface area (Å²) in [6, 6.07) is 11.1. The van der Waals surface area contributed by atoms with Crippen molar-refractivity contribution in [2.45, 2.75) is 45.1 Å². The first kappa shape index (κ1) is 29.9. The Morgan fingerprint density at radius 3 is 2.55 bits per heavy atom. The van der Waals surface area contributed by atoms with E-state index in [-0.39, 0.29) is 16.5 Å². The lowest BCUT2D eigenvalue weighted by Gasteiger charge is -2.31. The highest BCUT2D eigenvalue weighted by molar-refractivity contribution is 7.89. The van der Waals surface area contributed by atoms with Gasteiger partial charge in [-0.3, -0.25) is 9.48 Å². The monoisotopic (exact) mass is 619 g/mol. The molecular weight excluding hydrogens is 585 g/mol. The number of likely N-dealkylation sites (tertiary alicyclic amines) is 1. The molecule has 11 nitrogen and oxygen atoms in total. The highest BCUT2D eigenvalue weighted by Gasteiger charge is 2.23. The number of piperidine rings is 1. The Kier molecular flexibility index (Phi) is 8.18. The van der Waals surface area contributed by atoms with E-state index in [1.165, 1.54) is 19.1 Å². The van der Waals surface area contributed by atoms with Crippen molar-refractivity contribution >= 4 is 26.7 Å². The van der Waals surface area contributed by atoms with Crippen LogP contribution >= 0.6 is 0 Å². The van der Waals surface area contributed by atoms with Crippen LogP contribution in [0.1, 0.15) is 41.7 Å². The number of hydrogen-bond donors (Lipinski definition) is 2. The Morgan fingerprint density at radius 1 is 1.11 bits per heavy atom. The number of aryl methyl sites for hydroxylation is 2. The smallest absolute Gasteiger partial charge is 0.240 e. The maximum atomic E-state index is 14.0. The standard InChI is InChI=1S/C31H34FN7O4S/c1-19-29(21(3)43-36-19)23-4-7-25(8-5-23)44(41,42)33-12-15-38-13-10-22(11-14-38)17-39-18-28(35-37-39)30-26-16-24(32)6-9-27(26)34-31(30)20(2)40/h4-9,16,18,22,33-34H,10-15,17H2,1-3H3. The molecule has 2 N–H and O–H groups in total. The number of hydrogen-bond acceptors (Lipinski definition) is 8. The Bertz CT molecular complexity index is 1900. The van der Waals surface area contributed by atoms with E-state index in [2.05, 4.69) is 30.1 Å². The minimum Gasteiger partial charge on any atom is -0.361 e. The van der Waals surface area contributed by atoms with Crippen molar-refractivity contribution in [3.63, 3.8) is 0 Å². The molecule has 0 bridgehead atoms. The second kappa shape index (κ2) is 12.1. The third kappa shape index (κ3) is 6.07. The molecule has 13 heteroatoms. The maximum absolute atomic E-state index is 14.0. The molecule has 1 saturated heterocycles. The number of aromatic amines is 1. The summed E-state index contributed by atoms with van der Waals surface area (Å²) in [5.41, 5.74) is 4.64. The zero-order valence-electron chi connectivity index (χ0n) is 24.8. The number of H-pyrrole nitrogens is 1. The van der Waals surface area contributed by atoms with Gasteiger partial charge in [-0.1, -0.05) is 22.5 Å². The summed E-state index contributed by atoms with van der Waals surface area (Å²) in [7, 11) is -3.64. The van der Waals surface area contributed by atoms with Gasteiger partial charge in [-0.25, -0.2) is 17.5 Å². The molecule has 1 aliphatic rings. The lowest BCUT2D eigenvalue weighted by Crippen LogP contribution is -2.40. The fourth-order valence-electron chi connectivity index (χ4n) is 5.97. The fourth-order valence-corrected chi connectivity index (χ4v) is 6.99. The SMILES string of the molecule is CC(=O)c1[nH]c2ccc(F)cc2c1-c1cn(CC2CCN(CCNS(=O)(=O)c3ccc(-c4c(C)noc4C)cc3)CC2)nn1. The number of ketones is 1. The number of nitrogens with zero attached hydrogens (tertiary/aromatic N) is 5. The van der Waals surface area contributed by atoms with Gasteiger partial charge in [0.05, 0.1) is 22.5 Å². The van der Waals surface area contributed by atoms with Gasteiger partial charge >= 0.3 is 0 Å². The van der Waals surface area contributed by atoms with Crippen molar-refractivity contribution in [2.24, 2.45) is 5.92 Å². The second-order valence-electron chi connectivity index (χ2n) is 11.4. The number of carbonyl (C=O) groups is 1. The zero-order chi connectivity index (χ0) is 31.0. The molecular formula is C31H34FN7O4S. The van der Waals surface area contributed by atoms with Gasteiger partial charge in [-0.15, -0.1) is 5.10 Å². The molecule has 0 saturated carbocycles. The quantitative estimate of drug-likeness (QED) is 0.214. The first-order chi connectivity index (χ1) is 21.1. The van der Waals surface area contributed by atoms with E-state index in [9.17, 15) is 17.6 Å². The van der Waals surface area contributed by atoms with Crippen molar-refractivity contribution in [3.8, 4) is 22.4 Å². The van der Waals surface area contributed by atoms with Crippen LogP contribution in [-0.2, 0) is 16.6 Å². The molecule has 0 atom stereocenters. The highest BCUT2D eigenvalue weighted by atomic mass is 32.2. The molecule has 0 radical (unpaired) electrons. The van der Waals surface area contributed by atoms with Gasteiger partial charge in [0.25, 0.3) is 0 Å². The molecule has 5 aromatic rings. The van der Waals surface area contributed by atoms with E-state index in [0.29, 0.717) is 59.2 Å². The Hall–Kier alpha value is -4.20. The van der Waals surface area contributed by atoms with Crippen LogP contribution in [-0.4, -0.2) is 70.4 Å². The maximum Gasteiger partial charge on any atom is 0.240 e. The van der Waals surface area contributed by atoms with Gasteiger partial charge in [0.1, 0.15) is 17.3 Å². The van der Waals surface area contributed by atoms with Gasteiger partial charge in [0.2, 0.25) is 10.0 Å². The van der Waals surface area contributed by atoms with Gasteiger partial charge in [0, 0.05) is 48.6 Å². The molecule has 44 heavy (non-hydrogen) atoms. The molecule has 1 fully saturated rings. The van der Waals surface area contributed by atoms with Crippen LogP contribution in [0.2, 0.25) is 0 Å². The third-order valence-electron chi connectivity index (χ3n) is 8.27. The predicted octanol–water partition coefficient (Wildman–Crippen LogP) is 4.73. The minimum absolute atomic E-state index is 0.160. The van der Waals surface area contributed by atoms with Crippen LogP contribution in [0, 0.1) is 25.6 Å². The highest BCUT2D eigenvalue weighted by Crippen LogP contribution is 2.32. The molecule has 2 aromatic carbocycles. The third-order valence-corrected chi connectivity index (χ3v) is 9.74. The van der Waals surface area contributed by atoms with Crippen LogP contribution in [0.4, 0.5) is 4.39 Å². The average Bonchev–Trinajstić information content (AvgIpc) is 3.70. The number of benzene rings is 2. The van der Waals surface area contributed by atoms with Crippen molar-refractivity contribution in [2.75, 3.05) is 26.2 Å². The molecule has 4 heterocycles. The van der Waals surface area contributed by atoms with Crippen molar-refractivity contribution < 1.29 is 22.1 Å². The summed E-state index contributed by atoms with van der Waals surface area (Å²) in [5.74, 6) is 0.522. The molecule has 1 aliphatic heterocycles. The van der Waals surface area contributed by atoms with E-state index in [4.69, 9.17) is 4.52 Å². The molecule has 230 valence electrons. The molecule has 3 aromatic heterocycles. The first-order valence-corrected chi connectivity index (χ1v) is 16.1. The van der Waals surface area contributed by atoms with Crippen LogP contribution < -0.4 is 4.72 Å². The van der Waals surface area contributed by atoms with Gasteiger partial charge in [-0.2, -0.15) is 0 Å². The van der Waals surface area contributed by atoms with Gasteiger partial charge in [-0.05, 0) is 81.6 Å². The molecule has 0 spiro atoms. The van der Waals surface area contributed by atoms with Gasteiger partial charge in [0.15, 0.2) is 5.78 Å². The fraction of sp³-hybridized carbons (Fsp3) is 0.355. The lowest BCUT2D eigenvalue weighted by molar-refractivity contribution is 0.101. The van der Waals surface area contributed by atoms with E-state index >= 15 is 0 Å². The molecule has 0 amide bonds. The normalized spacial score (nSPS) is 14.9. The minimum atomic E-state index is -3.64. The van der Waals surface area contributed by atoms with Crippen LogP contribution in [0.25, 0.3) is 33.3 Å². The summed E-state index contributed by atoms with van der Waals surface area (Å²) in [6.07, 6.45) is 3.67. The number of rotatable bonds is 10. The topological polar surface area (TPSA) is 139 Å². The zero-order valence-corrected chi connectivity index (χ0v) is 25.6. The summed E-state index contributed by atoms with van der Waals surface area (Å²) in [6.45, 7) is 8.44. The largest absolute Gasteiger partial charge is 0.361 e. The Labute approximate surface area is 254 Å². The average molecular weight is 620 g/mol.